The summed E-state index contributed by atoms with van der Waals surface area (Å²) in [4.78, 5) is 4.57. The maximum Gasteiger partial charge on any atom is 0.161 e. The monoisotopic (exact) mass is 288 g/mol. The molecule has 0 aromatic carbocycles. The second-order valence-electron chi connectivity index (χ2n) is 5.02. The first-order valence-electron chi connectivity index (χ1n) is 7.47. The number of ether oxygens (including phenoxy) is 1. The standard InChI is InChI=1S/C16H24N4O/c1-5-10-20-16(13(21-4)11-19-20)15(17-6-2)14-12(3)8-7-9-18-14/h7-9,11,15,17H,5-6,10H2,1-4H3. The SMILES string of the molecule is CCCn1ncc(OC)c1C(NCC)c1ncccc1C. The predicted molar refractivity (Wildman–Crippen MR) is 83.6 cm³/mol. The van der Waals surface area contributed by atoms with Gasteiger partial charge in [-0.05, 0) is 31.5 Å². The number of nitrogens with one attached hydrogen (secondary N) is 1. The van der Waals surface area contributed by atoms with Crippen LogP contribution >= 0.6 is 0 Å². The van der Waals surface area contributed by atoms with Crippen LogP contribution in [0.5, 0.6) is 5.75 Å². The zero-order chi connectivity index (χ0) is 15.2. The summed E-state index contributed by atoms with van der Waals surface area (Å²) in [5.41, 5.74) is 3.23. The molecule has 2 aromatic rings. The number of hydrogen-bond donors (Lipinski definition) is 1. The minimum Gasteiger partial charge on any atom is -0.493 e. The van der Waals surface area contributed by atoms with E-state index in [1.165, 1.54) is 0 Å². The lowest BCUT2D eigenvalue weighted by Crippen LogP contribution is -2.27. The van der Waals surface area contributed by atoms with Gasteiger partial charge in [0, 0.05) is 12.7 Å². The summed E-state index contributed by atoms with van der Waals surface area (Å²) in [6.45, 7) is 8.04. The summed E-state index contributed by atoms with van der Waals surface area (Å²) in [7, 11) is 1.69. The minimum absolute atomic E-state index is 0.0137. The molecule has 2 rings (SSSR count). The Balaban J connectivity index is 2.52. The molecular formula is C16H24N4O. The highest BCUT2D eigenvalue weighted by atomic mass is 16.5. The van der Waals surface area contributed by atoms with Crippen LogP contribution in [0.25, 0.3) is 0 Å². The third kappa shape index (κ3) is 3.24. The Kier molecular flexibility index (Phi) is 5.33. The van der Waals surface area contributed by atoms with E-state index in [9.17, 15) is 0 Å². The zero-order valence-electron chi connectivity index (χ0n) is 13.3. The van der Waals surface area contributed by atoms with Crippen LogP contribution in [0.4, 0.5) is 0 Å². The maximum absolute atomic E-state index is 5.51. The van der Waals surface area contributed by atoms with E-state index in [1.54, 1.807) is 13.3 Å². The van der Waals surface area contributed by atoms with E-state index in [0.29, 0.717) is 0 Å². The molecule has 0 aliphatic rings. The minimum atomic E-state index is -0.0137. The second-order valence-corrected chi connectivity index (χ2v) is 5.02. The Morgan fingerprint density at radius 3 is 2.81 bits per heavy atom. The number of aromatic nitrogens is 3. The van der Waals surface area contributed by atoms with Gasteiger partial charge in [-0.1, -0.05) is 19.9 Å². The molecule has 2 aromatic heterocycles. The van der Waals surface area contributed by atoms with E-state index in [0.717, 1.165) is 42.2 Å². The van der Waals surface area contributed by atoms with Gasteiger partial charge >= 0.3 is 0 Å². The van der Waals surface area contributed by atoms with Crippen LogP contribution in [0.2, 0.25) is 0 Å². The second kappa shape index (κ2) is 7.22. The van der Waals surface area contributed by atoms with Crippen molar-refractivity contribution in [1.82, 2.24) is 20.1 Å². The highest BCUT2D eigenvalue weighted by molar-refractivity contribution is 5.36. The molecule has 0 saturated heterocycles. The molecule has 0 saturated carbocycles. The van der Waals surface area contributed by atoms with Gasteiger partial charge in [0.05, 0.1) is 25.0 Å². The normalized spacial score (nSPS) is 12.4. The Hall–Kier alpha value is -1.88. The van der Waals surface area contributed by atoms with Crippen LogP contribution < -0.4 is 10.1 Å². The number of methoxy groups -OCH3 is 1. The van der Waals surface area contributed by atoms with E-state index in [1.807, 2.05) is 16.9 Å². The average Bonchev–Trinajstić information content (AvgIpc) is 2.89. The molecule has 0 bridgehead atoms. The van der Waals surface area contributed by atoms with Crippen LogP contribution in [0, 0.1) is 6.92 Å². The Labute approximate surface area is 126 Å². The van der Waals surface area contributed by atoms with E-state index in [4.69, 9.17) is 4.74 Å². The molecule has 1 N–H and O–H groups in total. The lowest BCUT2D eigenvalue weighted by atomic mass is 10.0. The molecule has 5 nitrogen and oxygen atoms in total. The number of rotatable bonds is 7. The molecule has 0 radical (unpaired) electrons. The van der Waals surface area contributed by atoms with E-state index in [2.05, 4.69) is 42.2 Å². The van der Waals surface area contributed by atoms with Gasteiger partial charge in [0.25, 0.3) is 0 Å². The molecule has 0 aliphatic carbocycles. The fourth-order valence-corrected chi connectivity index (χ4v) is 2.54. The molecular weight excluding hydrogens is 264 g/mol. The largest absolute Gasteiger partial charge is 0.493 e. The first kappa shape index (κ1) is 15.5. The zero-order valence-corrected chi connectivity index (χ0v) is 13.3. The van der Waals surface area contributed by atoms with Gasteiger partial charge in [-0.2, -0.15) is 5.10 Å². The highest BCUT2D eigenvalue weighted by Gasteiger charge is 2.25. The van der Waals surface area contributed by atoms with Crippen molar-refractivity contribution in [2.24, 2.45) is 0 Å². The van der Waals surface area contributed by atoms with Crippen LogP contribution in [0.3, 0.4) is 0 Å². The third-order valence-electron chi connectivity index (χ3n) is 3.51. The molecule has 1 unspecified atom stereocenters. The molecule has 0 amide bonds. The van der Waals surface area contributed by atoms with Gasteiger partial charge < -0.3 is 10.1 Å². The van der Waals surface area contributed by atoms with Crippen molar-refractivity contribution in [2.75, 3.05) is 13.7 Å². The summed E-state index contributed by atoms with van der Waals surface area (Å²) in [6, 6.07) is 4.03. The Morgan fingerprint density at radius 1 is 1.38 bits per heavy atom. The summed E-state index contributed by atoms with van der Waals surface area (Å²) in [5.74, 6) is 0.805. The first-order chi connectivity index (χ1) is 10.2. The summed E-state index contributed by atoms with van der Waals surface area (Å²) < 4.78 is 7.52. The van der Waals surface area contributed by atoms with E-state index < -0.39 is 0 Å². The number of pyridine rings is 1. The van der Waals surface area contributed by atoms with Crippen LogP contribution in [0.15, 0.2) is 24.5 Å². The summed E-state index contributed by atoms with van der Waals surface area (Å²) >= 11 is 0. The molecule has 0 spiro atoms. The predicted octanol–water partition coefficient (Wildman–Crippen LogP) is 2.70. The lowest BCUT2D eigenvalue weighted by molar-refractivity contribution is 0.397. The average molecular weight is 288 g/mol. The fourth-order valence-electron chi connectivity index (χ4n) is 2.54. The molecule has 5 heteroatoms. The molecule has 2 heterocycles. The van der Waals surface area contributed by atoms with Crippen molar-refractivity contribution in [2.45, 2.75) is 39.8 Å². The number of hydrogen-bond acceptors (Lipinski definition) is 4. The fraction of sp³-hybridized carbons (Fsp3) is 0.500. The van der Waals surface area contributed by atoms with Crippen molar-refractivity contribution in [3.8, 4) is 5.75 Å². The van der Waals surface area contributed by atoms with Crippen LogP contribution in [-0.4, -0.2) is 28.4 Å². The first-order valence-corrected chi connectivity index (χ1v) is 7.47. The molecule has 0 aliphatic heterocycles. The highest BCUT2D eigenvalue weighted by Crippen LogP contribution is 2.30. The Bertz CT molecular complexity index is 579. The van der Waals surface area contributed by atoms with Gasteiger partial charge in [-0.25, -0.2) is 0 Å². The summed E-state index contributed by atoms with van der Waals surface area (Å²) in [6.07, 6.45) is 4.64. The van der Waals surface area contributed by atoms with Gasteiger partial charge in [-0.3, -0.25) is 9.67 Å². The number of nitrogens with zero attached hydrogens (tertiary/aromatic N) is 3. The van der Waals surface area contributed by atoms with Gasteiger partial charge in [0.2, 0.25) is 0 Å². The van der Waals surface area contributed by atoms with E-state index >= 15 is 0 Å². The van der Waals surface area contributed by atoms with Crippen molar-refractivity contribution < 1.29 is 4.74 Å². The van der Waals surface area contributed by atoms with Crippen molar-refractivity contribution in [3.63, 3.8) is 0 Å². The van der Waals surface area contributed by atoms with E-state index in [-0.39, 0.29) is 6.04 Å². The van der Waals surface area contributed by atoms with Gasteiger partial charge in [-0.15, -0.1) is 0 Å². The molecule has 1 atom stereocenters. The summed E-state index contributed by atoms with van der Waals surface area (Å²) in [5, 5.41) is 7.97. The third-order valence-corrected chi connectivity index (χ3v) is 3.51. The molecule has 21 heavy (non-hydrogen) atoms. The Morgan fingerprint density at radius 2 is 2.19 bits per heavy atom. The quantitative estimate of drug-likeness (QED) is 0.851. The smallest absolute Gasteiger partial charge is 0.161 e. The van der Waals surface area contributed by atoms with Crippen molar-refractivity contribution in [1.29, 1.82) is 0 Å². The van der Waals surface area contributed by atoms with Crippen LogP contribution in [-0.2, 0) is 6.54 Å². The van der Waals surface area contributed by atoms with Crippen molar-refractivity contribution >= 4 is 0 Å². The van der Waals surface area contributed by atoms with Gasteiger partial charge in [0.1, 0.15) is 5.69 Å². The topological polar surface area (TPSA) is 52.0 Å². The molecule has 114 valence electrons. The molecule has 0 fully saturated rings. The van der Waals surface area contributed by atoms with Gasteiger partial charge in [0.15, 0.2) is 5.75 Å². The van der Waals surface area contributed by atoms with Crippen molar-refractivity contribution in [3.05, 3.63) is 41.5 Å². The lowest BCUT2D eigenvalue weighted by Gasteiger charge is -2.21. The van der Waals surface area contributed by atoms with Crippen LogP contribution in [0.1, 0.15) is 43.3 Å². The number of aryl methyl sites for hydroxylation is 2. The maximum atomic E-state index is 5.51.